The van der Waals surface area contributed by atoms with E-state index in [1.54, 1.807) is 6.07 Å². The molecule has 3 N–H and O–H groups in total. The number of aryl methyl sites for hydroxylation is 1. The van der Waals surface area contributed by atoms with Crippen LogP contribution in [0.1, 0.15) is 24.1 Å². The molecule has 128 valence electrons. The quantitative estimate of drug-likeness (QED) is 0.877. The van der Waals surface area contributed by atoms with E-state index in [-0.39, 0.29) is 11.9 Å². The van der Waals surface area contributed by atoms with Crippen molar-refractivity contribution in [3.05, 3.63) is 47.7 Å². The maximum atomic E-state index is 12.5. The molecule has 3 rings (SSSR count). The van der Waals surface area contributed by atoms with Crippen LogP contribution in [0.3, 0.4) is 0 Å². The molecule has 0 spiro atoms. The molecular formula is C18H24N4O2. The van der Waals surface area contributed by atoms with E-state index < -0.39 is 0 Å². The third-order valence-electron chi connectivity index (χ3n) is 4.80. The highest BCUT2D eigenvalue weighted by Gasteiger charge is 2.37. The Bertz CT molecular complexity index is 685. The van der Waals surface area contributed by atoms with Gasteiger partial charge in [0.1, 0.15) is 0 Å². The third kappa shape index (κ3) is 3.49. The SMILES string of the molecule is Cc1cc(NC(=O)C(C)N2C[C@@H](CN)[C@H](c3ccccc3)C2)on1. The summed E-state index contributed by atoms with van der Waals surface area (Å²) in [5, 5.41) is 6.57. The topological polar surface area (TPSA) is 84.4 Å². The first-order valence-corrected chi connectivity index (χ1v) is 8.31. The smallest absolute Gasteiger partial charge is 0.243 e. The van der Waals surface area contributed by atoms with E-state index in [9.17, 15) is 4.79 Å². The van der Waals surface area contributed by atoms with Crippen molar-refractivity contribution >= 4 is 11.8 Å². The Morgan fingerprint density at radius 1 is 1.42 bits per heavy atom. The summed E-state index contributed by atoms with van der Waals surface area (Å²) in [6.07, 6.45) is 0. The zero-order valence-corrected chi connectivity index (χ0v) is 14.1. The Balaban J connectivity index is 1.67. The molecule has 0 aliphatic carbocycles. The molecule has 6 nitrogen and oxygen atoms in total. The van der Waals surface area contributed by atoms with Gasteiger partial charge in [0.25, 0.3) is 0 Å². The number of carbonyl (C=O) groups is 1. The van der Waals surface area contributed by atoms with Gasteiger partial charge in [0.2, 0.25) is 11.8 Å². The number of hydrogen-bond acceptors (Lipinski definition) is 5. The van der Waals surface area contributed by atoms with Gasteiger partial charge in [0.15, 0.2) is 0 Å². The average Bonchev–Trinajstić information content (AvgIpc) is 3.21. The highest BCUT2D eigenvalue weighted by molar-refractivity contribution is 5.93. The second-order valence-electron chi connectivity index (χ2n) is 6.46. The minimum Gasteiger partial charge on any atom is -0.338 e. The first kappa shape index (κ1) is 16.7. The highest BCUT2D eigenvalue weighted by Crippen LogP contribution is 2.33. The second-order valence-corrected chi connectivity index (χ2v) is 6.46. The summed E-state index contributed by atoms with van der Waals surface area (Å²) in [6, 6.07) is 11.9. The van der Waals surface area contributed by atoms with E-state index in [4.69, 9.17) is 10.3 Å². The lowest BCUT2D eigenvalue weighted by molar-refractivity contribution is -0.120. The fraction of sp³-hybridized carbons (Fsp3) is 0.444. The molecule has 0 radical (unpaired) electrons. The number of nitrogens with two attached hydrogens (primary N) is 1. The lowest BCUT2D eigenvalue weighted by atomic mass is 9.89. The van der Waals surface area contributed by atoms with Crippen molar-refractivity contribution in [2.24, 2.45) is 11.7 Å². The summed E-state index contributed by atoms with van der Waals surface area (Å²) < 4.78 is 5.06. The monoisotopic (exact) mass is 328 g/mol. The van der Waals surface area contributed by atoms with Crippen molar-refractivity contribution in [3.8, 4) is 0 Å². The second kappa shape index (κ2) is 7.15. The molecule has 2 aromatic rings. The number of nitrogens with zero attached hydrogens (tertiary/aromatic N) is 2. The van der Waals surface area contributed by atoms with E-state index in [2.05, 4.69) is 27.5 Å². The van der Waals surface area contributed by atoms with Gasteiger partial charge in [-0.1, -0.05) is 35.5 Å². The Kier molecular flexibility index (Phi) is 4.97. The fourth-order valence-corrected chi connectivity index (χ4v) is 3.35. The van der Waals surface area contributed by atoms with Crippen molar-refractivity contribution in [2.45, 2.75) is 25.8 Å². The molecule has 0 saturated carbocycles. The van der Waals surface area contributed by atoms with E-state index in [0.717, 1.165) is 18.8 Å². The van der Waals surface area contributed by atoms with Crippen molar-refractivity contribution in [3.63, 3.8) is 0 Å². The predicted molar refractivity (Wildman–Crippen MR) is 92.6 cm³/mol. The number of hydrogen-bond donors (Lipinski definition) is 2. The molecule has 24 heavy (non-hydrogen) atoms. The standard InChI is InChI=1S/C18H24N4O2/c1-12-8-17(24-21-12)20-18(23)13(2)22-10-15(9-19)16(11-22)14-6-4-3-5-7-14/h3-8,13,15-16H,9-11,19H2,1-2H3,(H,20,23)/t13?,15-,16+/m1/s1. The summed E-state index contributed by atoms with van der Waals surface area (Å²) in [4.78, 5) is 14.7. The van der Waals surface area contributed by atoms with Gasteiger partial charge in [-0.25, -0.2) is 0 Å². The maximum Gasteiger partial charge on any atom is 0.243 e. The van der Waals surface area contributed by atoms with Crippen LogP contribution in [0.5, 0.6) is 0 Å². The molecule has 1 fully saturated rings. The first-order valence-electron chi connectivity index (χ1n) is 8.31. The Morgan fingerprint density at radius 3 is 2.79 bits per heavy atom. The minimum absolute atomic E-state index is 0.0874. The van der Waals surface area contributed by atoms with Crippen LogP contribution in [0.4, 0.5) is 5.88 Å². The number of amides is 1. The fourth-order valence-electron chi connectivity index (χ4n) is 3.35. The van der Waals surface area contributed by atoms with E-state index in [0.29, 0.717) is 24.3 Å². The molecule has 1 saturated heterocycles. The van der Waals surface area contributed by atoms with Gasteiger partial charge in [-0.3, -0.25) is 15.0 Å². The van der Waals surface area contributed by atoms with Crippen molar-refractivity contribution in [1.82, 2.24) is 10.1 Å². The van der Waals surface area contributed by atoms with Gasteiger partial charge in [0.05, 0.1) is 11.7 Å². The maximum absolute atomic E-state index is 12.5. The Labute approximate surface area is 142 Å². The molecule has 1 aliphatic heterocycles. The van der Waals surface area contributed by atoms with Crippen LogP contribution in [-0.2, 0) is 4.79 Å². The minimum atomic E-state index is -0.252. The lowest BCUT2D eigenvalue weighted by Crippen LogP contribution is -2.41. The van der Waals surface area contributed by atoms with Crippen LogP contribution in [0.15, 0.2) is 40.9 Å². The zero-order valence-electron chi connectivity index (χ0n) is 14.1. The summed E-state index contributed by atoms with van der Waals surface area (Å²) in [5.41, 5.74) is 8.00. The average molecular weight is 328 g/mol. The number of anilines is 1. The molecule has 1 aromatic heterocycles. The summed E-state index contributed by atoms with van der Waals surface area (Å²) in [6.45, 7) is 6.00. The van der Waals surface area contributed by atoms with Gasteiger partial charge < -0.3 is 10.3 Å². The van der Waals surface area contributed by atoms with Crippen LogP contribution >= 0.6 is 0 Å². The van der Waals surface area contributed by atoms with E-state index in [1.165, 1.54) is 5.56 Å². The van der Waals surface area contributed by atoms with Crippen molar-refractivity contribution < 1.29 is 9.32 Å². The molecule has 6 heteroatoms. The third-order valence-corrected chi connectivity index (χ3v) is 4.80. The molecule has 1 amide bonds. The Hall–Kier alpha value is -2.18. The van der Waals surface area contributed by atoms with Crippen LogP contribution in [0.2, 0.25) is 0 Å². The first-order chi connectivity index (χ1) is 11.6. The normalized spacial score (nSPS) is 22.5. The molecule has 1 unspecified atom stereocenters. The zero-order chi connectivity index (χ0) is 17.1. The summed E-state index contributed by atoms with van der Waals surface area (Å²) >= 11 is 0. The van der Waals surface area contributed by atoms with Gasteiger partial charge >= 0.3 is 0 Å². The number of carbonyl (C=O) groups excluding carboxylic acids is 1. The van der Waals surface area contributed by atoms with Crippen molar-refractivity contribution in [2.75, 3.05) is 25.0 Å². The lowest BCUT2D eigenvalue weighted by Gasteiger charge is -2.23. The molecule has 1 aliphatic rings. The van der Waals surface area contributed by atoms with E-state index >= 15 is 0 Å². The number of benzene rings is 1. The van der Waals surface area contributed by atoms with Gasteiger partial charge in [0, 0.05) is 25.1 Å². The summed E-state index contributed by atoms with van der Waals surface area (Å²) in [5.74, 6) is 1.02. The highest BCUT2D eigenvalue weighted by atomic mass is 16.5. The summed E-state index contributed by atoms with van der Waals surface area (Å²) in [7, 11) is 0. The van der Waals surface area contributed by atoms with Crippen molar-refractivity contribution in [1.29, 1.82) is 0 Å². The molecule has 3 atom stereocenters. The van der Waals surface area contributed by atoms with Crippen LogP contribution in [0.25, 0.3) is 0 Å². The van der Waals surface area contributed by atoms with Gasteiger partial charge in [-0.2, -0.15) is 0 Å². The number of likely N-dealkylation sites (tertiary alicyclic amines) is 1. The van der Waals surface area contributed by atoms with Gasteiger partial charge in [-0.15, -0.1) is 0 Å². The van der Waals surface area contributed by atoms with Crippen LogP contribution in [0, 0.1) is 12.8 Å². The molecule has 0 bridgehead atoms. The van der Waals surface area contributed by atoms with Crippen LogP contribution < -0.4 is 11.1 Å². The van der Waals surface area contributed by atoms with Gasteiger partial charge in [-0.05, 0) is 31.9 Å². The molecule has 2 heterocycles. The molecular weight excluding hydrogens is 304 g/mol. The number of rotatable bonds is 5. The Morgan fingerprint density at radius 2 is 2.17 bits per heavy atom. The number of nitrogens with one attached hydrogen (secondary N) is 1. The number of aromatic nitrogens is 1. The van der Waals surface area contributed by atoms with Crippen LogP contribution in [-0.4, -0.2) is 41.6 Å². The molecule has 1 aromatic carbocycles. The largest absolute Gasteiger partial charge is 0.338 e. The predicted octanol–water partition coefficient (Wildman–Crippen LogP) is 1.98. The van der Waals surface area contributed by atoms with E-state index in [1.807, 2.05) is 32.0 Å².